The molecule has 3 aromatic carbocycles. The van der Waals surface area contributed by atoms with Crippen LogP contribution < -0.4 is 20.1 Å². The number of carbonyl (C=O) groups is 3. The number of carbonyl (C=O) groups excluding carboxylic acids is 2. The lowest BCUT2D eigenvalue weighted by atomic mass is 10.1. The molecular weight excluding hydrogens is 472 g/mol. The normalized spacial score (nSPS) is 12.2. The number of hydrogen-bond acceptors (Lipinski definition) is 5. The average Bonchev–Trinajstić information content (AvgIpc) is 2.84. The predicted molar refractivity (Wildman–Crippen MR) is 131 cm³/mol. The fourth-order valence-electron chi connectivity index (χ4n) is 3.32. The molecule has 3 aromatic rings. The zero-order valence-electron chi connectivity index (χ0n) is 19.2. The van der Waals surface area contributed by atoms with Crippen molar-refractivity contribution in [2.24, 2.45) is 0 Å². The van der Waals surface area contributed by atoms with Crippen LogP contribution in [0.1, 0.15) is 34.5 Å². The molecule has 0 heterocycles. The molecule has 0 aliphatic carbocycles. The Bertz CT molecular complexity index is 1200. The van der Waals surface area contributed by atoms with E-state index in [1.54, 1.807) is 49.6 Å². The molecule has 0 fully saturated rings. The van der Waals surface area contributed by atoms with E-state index in [9.17, 15) is 19.5 Å². The van der Waals surface area contributed by atoms with E-state index in [1.165, 1.54) is 6.07 Å². The molecule has 0 aromatic heterocycles. The van der Waals surface area contributed by atoms with Gasteiger partial charge in [-0.3, -0.25) is 4.79 Å². The summed E-state index contributed by atoms with van der Waals surface area (Å²) in [5, 5.41) is 15.0. The molecule has 9 heteroatoms. The maximum Gasteiger partial charge on any atom is 0.413 e. The van der Waals surface area contributed by atoms with Gasteiger partial charge in [-0.15, -0.1) is 0 Å². The molecule has 0 saturated heterocycles. The fourth-order valence-corrected chi connectivity index (χ4v) is 3.54. The van der Waals surface area contributed by atoms with Crippen LogP contribution in [0.2, 0.25) is 5.02 Å². The molecule has 182 valence electrons. The molecule has 8 nitrogen and oxygen atoms in total. The van der Waals surface area contributed by atoms with Gasteiger partial charge >= 0.3 is 12.1 Å². The van der Waals surface area contributed by atoms with E-state index in [-0.39, 0.29) is 28.8 Å². The van der Waals surface area contributed by atoms with Crippen LogP contribution in [-0.4, -0.2) is 36.2 Å². The second-order valence-corrected chi connectivity index (χ2v) is 8.13. The number of amides is 2. The monoisotopic (exact) mass is 496 g/mol. The van der Waals surface area contributed by atoms with E-state index in [1.807, 2.05) is 31.2 Å². The van der Waals surface area contributed by atoms with Gasteiger partial charge in [0.25, 0.3) is 5.91 Å². The number of benzene rings is 3. The number of methoxy groups -OCH3 is 1. The van der Waals surface area contributed by atoms with E-state index in [0.717, 1.165) is 5.56 Å². The van der Waals surface area contributed by atoms with Crippen molar-refractivity contribution in [1.82, 2.24) is 10.6 Å². The molecule has 0 bridgehead atoms. The molecule has 1 unspecified atom stereocenters. The predicted octanol–water partition coefficient (Wildman–Crippen LogP) is 4.62. The molecule has 0 spiro atoms. The van der Waals surface area contributed by atoms with E-state index in [4.69, 9.17) is 21.1 Å². The van der Waals surface area contributed by atoms with E-state index in [0.29, 0.717) is 11.3 Å². The SMILES string of the molecule is COc1cccc(C(C)NC(=O)Oc2ccc(C[C@H](NC(=O)c3ccccc3Cl)C(=O)O)cc2)c1. The van der Waals surface area contributed by atoms with Gasteiger partial charge in [0.2, 0.25) is 0 Å². The van der Waals surface area contributed by atoms with Gasteiger partial charge < -0.3 is 25.2 Å². The van der Waals surface area contributed by atoms with Gasteiger partial charge in [0.05, 0.1) is 23.7 Å². The smallest absolute Gasteiger partial charge is 0.413 e. The molecule has 35 heavy (non-hydrogen) atoms. The Morgan fingerprint density at radius 3 is 2.31 bits per heavy atom. The Kier molecular flexibility index (Phi) is 8.69. The van der Waals surface area contributed by atoms with Crippen molar-refractivity contribution in [2.45, 2.75) is 25.4 Å². The summed E-state index contributed by atoms with van der Waals surface area (Å²) in [6.07, 6.45) is -0.603. The molecule has 0 saturated carbocycles. The first-order chi connectivity index (χ1) is 16.8. The minimum Gasteiger partial charge on any atom is -0.497 e. The summed E-state index contributed by atoms with van der Waals surface area (Å²) in [5.74, 6) is -0.791. The number of carboxylic acids is 1. The molecule has 2 atom stereocenters. The number of aliphatic carboxylic acids is 1. The lowest BCUT2D eigenvalue weighted by molar-refractivity contribution is -0.139. The molecule has 0 aliphatic heterocycles. The number of ether oxygens (including phenoxy) is 2. The van der Waals surface area contributed by atoms with Gasteiger partial charge in [0.1, 0.15) is 17.5 Å². The van der Waals surface area contributed by atoms with E-state index >= 15 is 0 Å². The quantitative estimate of drug-likeness (QED) is 0.398. The molecule has 3 N–H and O–H groups in total. The summed E-state index contributed by atoms with van der Waals surface area (Å²) in [6, 6.07) is 18.6. The first-order valence-corrected chi connectivity index (χ1v) is 11.1. The second kappa shape index (κ2) is 11.9. The molecule has 3 rings (SSSR count). The fraction of sp³-hybridized carbons (Fsp3) is 0.192. The third-order valence-corrected chi connectivity index (χ3v) is 5.55. The minimum absolute atomic E-state index is 0.0326. The second-order valence-electron chi connectivity index (χ2n) is 7.72. The summed E-state index contributed by atoms with van der Waals surface area (Å²) in [7, 11) is 1.57. The van der Waals surface area contributed by atoms with Crippen molar-refractivity contribution in [3.05, 3.63) is 94.5 Å². The van der Waals surface area contributed by atoms with Crippen molar-refractivity contribution in [1.29, 1.82) is 0 Å². The van der Waals surface area contributed by atoms with Crippen LogP contribution in [0, 0.1) is 0 Å². The van der Waals surface area contributed by atoms with Crippen LogP contribution in [-0.2, 0) is 11.2 Å². The Hall–Kier alpha value is -4.04. The Morgan fingerprint density at radius 2 is 1.66 bits per heavy atom. The Balaban J connectivity index is 1.58. The highest BCUT2D eigenvalue weighted by Gasteiger charge is 2.22. The summed E-state index contributed by atoms with van der Waals surface area (Å²) >= 11 is 6.02. The van der Waals surface area contributed by atoms with Crippen molar-refractivity contribution in [2.75, 3.05) is 7.11 Å². The maximum absolute atomic E-state index is 12.4. The van der Waals surface area contributed by atoms with Crippen LogP contribution in [0.25, 0.3) is 0 Å². The average molecular weight is 497 g/mol. The van der Waals surface area contributed by atoms with Crippen molar-refractivity contribution in [3.63, 3.8) is 0 Å². The van der Waals surface area contributed by atoms with Crippen LogP contribution in [0.5, 0.6) is 11.5 Å². The number of carboxylic acid groups (broad SMARTS) is 1. The molecular formula is C26H25ClN2O6. The van der Waals surface area contributed by atoms with Gasteiger partial charge in [0.15, 0.2) is 0 Å². The van der Waals surface area contributed by atoms with Crippen molar-refractivity contribution in [3.8, 4) is 11.5 Å². The summed E-state index contributed by atoms with van der Waals surface area (Å²) in [4.78, 5) is 36.4. The van der Waals surface area contributed by atoms with Crippen molar-refractivity contribution >= 4 is 29.6 Å². The largest absolute Gasteiger partial charge is 0.497 e. The van der Waals surface area contributed by atoms with Crippen LogP contribution >= 0.6 is 11.6 Å². The Morgan fingerprint density at radius 1 is 0.943 bits per heavy atom. The molecule has 2 amide bonds. The standard InChI is InChI=1S/C26H25ClN2O6/c1-16(18-6-5-7-20(15-18)34-2)28-26(33)35-19-12-10-17(11-13-19)14-23(25(31)32)29-24(30)21-8-3-4-9-22(21)27/h3-13,15-16,23H,14H2,1-2H3,(H,28,33)(H,29,30)(H,31,32)/t16?,23-/m0/s1. The maximum atomic E-state index is 12.4. The van der Waals surface area contributed by atoms with Crippen LogP contribution in [0.15, 0.2) is 72.8 Å². The van der Waals surface area contributed by atoms with Gasteiger partial charge in [-0.2, -0.15) is 0 Å². The first-order valence-electron chi connectivity index (χ1n) is 10.8. The van der Waals surface area contributed by atoms with Gasteiger partial charge in [-0.1, -0.05) is 48.0 Å². The summed E-state index contributed by atoms with van der Waals surface area (Å²) in [6.45, 7) is 1.82. The van der Waals surface area contributed by atoms with Crippen LogP contribution in [0.4, 0.5) is 4.79 Å². The molecule has 0 radical (unpaired) electrons. The van der Waals surface area contributed by atoms with E-state index in [2.05, 4.69) is 10.6 Å². The lowest BCUT2D eigenvalue weighted by Crippen LogP contribution is -2.42. The number of rotatable bonds is 9. The first kappa shape index (κ1) is 25.6. The van der Waals surface area contributed by atoms with Crippen molar-refractivity contribution < 1.29 is 29.0 Å². The van der Waals surface area contributed by atoms with Gasteiger partial charge in [-0.05, 0) is 54.4 Å². The number of halogens is 1. The third-order valence-electron chi connectivity index (χ3n) is 5.22. The summed E-state index contributed by atoms with van der Waals surface area (Å²) in [5.41, 5.74) is 1.68. The summed E-state index contributed by atoms with van der Waals surface area (Å²) < 4.78 is 10.5. The lowest BCUT2D eigenvalue weighted by Gasteiger charge is -2.16. The highest BCUT2D eigenvalue weighted by molar-refractivity contribution is 6.33. The highest BCUT2D eigenvalue weighted by Crippen LogP contribution is 2.20. The Labute approximate surface area is 207 Å². The topological polar surface area (TPSA) is 114 Å². The number of nitrogens with one attached hydrogen (secondary N) is 2. The molecule has 0 aliphatic rings. The third kappa shape index (κ3) is 7.22. The zero-order chi connectivity index (χ0) is 25.4. The highest BCUT2D eigenvalue weighted by atomic mass is 35.5. The van der Waals surface area contributed by atoms with E-state index < -0.39 is 24.0 Å². The zero-order valence-corrected chi connectivity index (χ0v) is 19.9. The van der Waals surface area contributed by atoms with Crippen LogP contribution in [0.3, 0.4) is 0 Å². The number of hydrogen-bond donors (Lipinski definition) is 3. The van der Waals surface area contributed by atoms with Gasteiger partial charge in [0, 0.05) is 6.42 Å². The van der Waals surface area contributed by atoms with Gasteiger partial charge in [-0.25, -0.2) is 9.59 Å². The minimum atomic E-state index is -1.18.